The molecule has 2 bridgehead atoms. The van der Waals surface area contributed by atoms with Crippen LogP contribution in [-0.4, -0.2) is 76.9 Å². The molecule has 0 radical (unpaired) electrons. The molecular weight excluding hydrogens is 394 g/mol. The van der Waals surface area contributed by atoms with E-state index in [0.717, 1.165) is 5.56 Å². The number of aryl methyl sites for hydroxylation is 2. The van der Waals surface area contributed by atoms with Crippen molar-refractivity contribution < 1.29 is 19.1 Å². The third-order valence-corrected chi connectivity index (χ3v) is 7.42. The second-order valence-corrected chi connectivity index (χ2v) is 9.25. The third-order valence-electron chi connectivity index (χ3n) is 7.42. The Labute approximate surface area is 182 Å². The molecule has 3 saturated heterocycles. The molecule has 7 heteroatoms. The molecule has 1 aromatic carbocycles. The lowest BCUT2D eigenvalue weighted by Crippen LogP contribution is -2.55. The van der Waals surface area contributed by atoms with Gasteiger partial charge in [0.15, 0.2) is 0 Å². The van der Waals surface area contributed by atoms with Crippen LogP contribution in [0, 0.1) is 25.7 Å². The number of hydrogen-bond donors (Lipinski definition) is 0. The van der Waals surface area contributed by atoms with Crippen LogP contribution in [0.4, 0.5) is 0 Å². The Hall–Kier alpha value is -2.67. The molecule has 0 N–H and O–H groups in total. The van der Waals surface area contributed by atoms with Crippen molar-refractivity contribution in [1.82, 2.24) is 14.7 Å². The van der Waals surface area contributed by atoms with Gasteiger partial charge in [0, 0.05) is 26.2 Å². The summed E-state index contributed by atoms with van der Waals surface area (Å²) >= 11 is 0. The van der Waals surface area contributed by atoms with Crippen molar-refractivity contribution in [3.05, 3.63) is 47.0 Å². The van der Waals surface area contributed by atoms with E-state index < -0.39 is 17.4 Å². The first-order valence-corrected chi connectivity index (χ1v) is 11.1. The van der Waals surface area contributed by atoms with Gasteiger partial charge in [0.1, 0.15) is 5.60 Å². The van der Waals surface area contributed by atoms with Crippen LogP contribution in [0.1, 0.15) is 23.6 Å². The molecule has 4 aliphatic rings. The minimum atomic E-state index is -0.725. The molecule has 0 saturated carbocycles. The Morgan fingerprint density at radius 1 is 1.16 bits per heavy atom. The summed E-state index contributed by atoms with van der Waals surface area (Å²) < 4.78 is 6.24. The van der Waals surface area contributed by atoms with Gasteiger partial charge in [-0.15, -0.1) is 0 Å². The molecule has 164 valence electrons. The largest absolute Gasteiger partial charge is 0.360 e. The molecule has 1 aromatic rings. The van der Waals surface area contributed by atoms with Crippen LogP contribution in [0.3, 0.4) is 0 Å². The summed E-state index contributed by atoms with van der Waals surface area (Å²) in [4.78, 5) is 44.4. The van der Waals surface area contributed by atoms with Crippen LogP contribution in [0.25, 0.3) is 0 Å². The lowest BCUT2D eigenvalue weighted by atomic mass is 9.76. The molecule has 3 fully saturated rings. The number of hydrogen-bond acceptors (Lipinski definition) is 4. The number of likely N-dealkylation sites (N-methyl/N-ethyl adjacent to an activating group) is 1. The van der Waals surface area contributed by atoms with Gasteiger partial charge in [-0.2, -0.15) is 0 Å². The van der Waals surface area contributed by atoms with Crippen molar-refractivity contribution in [3.8, 4) is 0 Å². The smallest absolute Gasteiger partial charge is 0.242 e. The van der Waals surface area contributed by atoms with Gasteiger partial charge in [-0.05, 0) is 37.5 Å². The summed E-state index contributed by atoms with van der Waals surface area (Å²) in [6.45, 7) is 8.83. The fraction of sp³-hybridized carbons (Fsp3) is 0.542. The van der Waals surface area contributed by atoms with Crippen molar-refractivity contribution in [2.75, 3.05) is 32.7 Å². The third kappa shape index (κ3) is 3.09. The molecule has 1 spiro atoms. The van der Waals surface area contributed by atoms with Gasteiger partial charge in [0.25, 0.3) is 0 Å². The molecular formula is C24H29N3O4. The molecule has 31 heavy (non-hydrogen) atoms. The van der Waals surface area contributed by atoms with Crippen LogP contribution in [0.2, 0.25) is 0 Å². The van der Waals surface area contributed by atoms with E-state index in [2.05, 4.69) is 32.0 Å². The highest BCUT2D eigenvalue weighted by molar-refractivity contribution is 5.94. The van der Waals surface area contributed by atoms with E-state index in [4.69, 9.17) is 4.74 Å². The van der Waals surface area contributed by atoms with E-state index in [9.17, 15) is 14.4 Å². The normalized spacial score (nSPS) is 31.7. The van der Waals surface area contributed by atoms with Crippen molar-refractivity contribution in [2.45, 2.75) is 39.0 Å². The highest BCUT2D eigenvalue weighted by Gasteiger charge is 2.67. The number of fused-ring (bicyclic) bond motifs is 1. The van der Waals surface area contributed by atoms with Crippen LogP contribution in [0.5, 0.6) is 0 Å². The minimum absolute atomic E-state index is 0.0260. The highest BCUT2D eigenvalue weighted by atomic mass is 16.5. The molecule has 4 heterocycles. The number of ether oxygens (including phenoxy) is 1. The van der Waals surface area contributed by atoms with Gasteiger partial charge in [-0.25, -0.2) is 0 Å². The standard InChI is InChI=1S/C24H29N3O4/c1-4-25-9-10-26(13-19(25)28)22(29)20-18-7-8-24(31-18)14-27(23(30)21(20)24)12-17-6-5-15(2)16(3)11-17/h5-8,11,18,20-21H,4,9-10,12-14H2,1-3H3/t18-,20?,21?,24-/m0/s1. The fourth-order valence-electron chi connectivity index (χ4n) is 5.56. The van der Waals surface area contributed by atoms with Crippen molar-refractivity contribution in [2.24, 2.45) is 11.8 Å². The average molecular weight is 424 g/mol. The van der Waals surface area contributed by atoms with E-state index in [1.54, 1.807) is 9.80 Å². The Kier molecular flexibility index (Phi) is 4.70. The highest BCUT2D eigenvalue weighted by Crippen LogP contribution is 2.52. The Bertz CT molecular complexity index is 989. The summed E-state index contributed by atoms with van der Waals surface area (Å²) in [5, 5.41) is 0. The number of amides is 3. The Morgan fingerprint density at radius 2 is 1.97 bits per heavy atom. The molecule has 4 atom stereocenters. The van der Waals surface area contributed by atoms with E-state index in [-0.39, 0.29) is 30.4 Å². The predicted molar refractivity (Wildman–Crippen MR) is 114 cm³/mol. The first-order valence-electron chi connectivity index (χ1n) is 11.1. The lowest BCUT2D eigenvalue weighted by molar-refractivity contribution is -0.150. The monoisotopic (exact) mass is 423 g/mol. The van der Waals surface area contributed by atoms with E-state index >= 15 is 0 Å². The van der Waals surface area contributed by atoms with Gasteiger partial charge in [0.05, 0.1) is 31.0 Å². The molecule has 2 unspecified atom stereocenters. The van der Waals surface area contributed by atoms with Gasteiger partial charge in [-0.1, -0.05) is 30.4 Å². The minimum Gasteiger partial charge on any atom is -0.360 e. The number of carbonyl (C=O) groups excluding carboxylic acids is 3. The number of carbonyl (C=O) groups is 3. The topological polar surface area (TPSA) is 70.2 Å². The zero-order valence-electron chi connectivity index (χ0n) is 18.3. The number of piperazine rings is 1. The Morgan fingerprint density at radius 3 is 2.68 bits per heavy atom. The van der Waals surface area contributed by atoms with E-state index in [1.807, 2.05) is 24.0 Å². The SMILES string of the molecule is CCN1CCN(C(=O)C2C3C(=O)N(Cc4ccc(C)c(C)c4)C[C@@]34C=C[C@@H]2O4)CC1=O. The van der Waals surface area contributed by atoms with Crippen molar-refractivity contribution in [1.29, 1.82) is 0 Å². The maximum absolute atomic E-state index is 13.5. The molecule has 0 aromatic heterocycles. The van der Waals surface area contributed by atoms with Crippen molar-refractivity contribution >= 4 is 17.7 Å². The molecule has 0 aliphatic carbocycles. The fourth-order valence-corrected chi connectivity index (χ4v) is 5.56. The number of likely N-dealkylation sites (tertiary alicyclic amines) is 1. The Balaban J connectivity index is 1.36. The second kappa shape index (κ2) is 7.19. The van der Waals surface area contributed by atoms with Gasteiger partial charge >= 0.3 is 0 Å². The summed E-state index contributed by atoms with van der Waals surface area (Å²) in [6.07, 6.45) is 3.52. The average Bonchev–Trinajstić information content (AvgIpc) is 3.38. The lowest BCUT2D eigenvalue weighted by Gasteiger charge is -2.36. The zero-order chi connectivity index (χ0) is 21.9. The summed E-state index contributed by atoms with van der Waals surface area (Å²) in [7, 11) is 0. The number of rotatable bonds is 4. The maximum atomic E-state index is 13.5. The van der Waals surface area contributed by atoms with Crippen molar-refractivity contribution in [3.63, 3.8) is 0 Å². The maximum Gasteiger partial charge on any atom is 0.242 e. The van der Waals surface area contributed by atoms with Crippen LogP contribution >= 0.6 is 0 Å². The van der Waals surface area contributed by atoms with Crippen LogP contribution in [-0.2, 0) is 25.7 Å². The molecule has 4 aliphatic heterocycles. The second-order valence-electron chi connectivity index (χ2n) is 9.25. The van der Waals surface area contributed by atoms with Gasteiger partial charge in [0.2, 0.25) is 17.7 Å². The quantitative estimate of drug-likeness (QED) is 0.684. The summed E-state index contributed by atoms with van der Waals surface area (Å²) in [6, 6.07) is 6.24. The first-order chi connectivity index (χ1) is 14.8. The summed E-state index contributed by atoms with van der Waals surface area (Å²) in [5.74, 6) is -1.26. The van der Waals surface area contributed by atoms with E-state index in [1.165, 1.54) is 11.1 Å². The number of benzene rings is 1. The zero-order valence-corrected chi connectivity index (χ0v) is 18.3. The first kappa shape index (κ1) is 20.2. The molecule has 7 nitrogen and oxygen atoms in total. The van der Waals surface area contributed by atoms with E-state index in [0.29, 0.717) is 32.7 Å². The summed E-state index contributed by atoms with van der Waals surface area (Å²) in [5.41, 5.74) is 2.77. The van der Waals surface area contributed by atoms with Crippen LogP contribution < -0.4 is 0 Å². The molecule has 3 amide bonds. The number of nitrogens with zero attached hydrogens (tertiary/aromatic N) is 3. The van der Waals surface area contributed by atoms with Crippen LogP contribution in [0.15, 0.2) is 30.4 Å². The van der Waals surface area contributed by atoms with Gasteiger partial charge in [-0.3, -0.25) is 14.4 Å². The predicted octanol–water partition coefficient (Wildman–Crippen LogP) is 1.28. The van der Waals surface area contributed by atoms with Gasteiger partial charge < -0.3 is 19.4 Å². The molecule has 5 rings (SSSR count).